The number of amides is 2. The van der Waals surface area contributed by atoms with Crippen LogP contribution in [0.1, 0.15) is 40.0 Å². The summed E-state index contributed by atoms with van der Waals surface area (Å²) < 4.78 is 25.3. The maximum Gasteiger partial charge on any atom is 0.259 e. The van der Waals surface area contributed by atoms with Gasteiger partial charge in [0, 0.05) is 17.8 Å². The molecule has 2 amide bonds. The molecule has 5 rings (SSSR count). The third-order valence-electron chi connectivity index (χ3n) is 6.89. The fourth-order valence-corrected chi connectivity index (χ4v) is 4.86. The van der Waals surface area contributed by atoms with Crippen molar-refractivity contribution in [2.24, 2.45) is 0 Å². The lowest BCUT2D eigenvalue weighted by molar-refractivity contribution is -0.122. The second kappa shape index (κ2) is 12.5. The number of hydrogen-bond donors (Lipinski definition) is 1. The van der Waals surface area contributed by atoms with E-state index in [0.717, 1.165) is 11.1 Å². The highest BCUT2D eigenvalue weighted by Crippen LogP contribution is 2.36. The molecule has 0 fully saturated rings. The van der Waals surface area contributed by atoms with Gasteiger partial charge in [0.2, 0.25) is 5.91 Å². The lowest BCUT2D eigenvalue weighted by atomic mass is 9.99. The van der Waals surface area contributed by atoms with Gasteiger partial charge in [0.25, 0.3) is 5.91 Å². The quantitative estimate of drug-likeness (QED) is 0.288. The number of nitrogens with zero attached hydrogens (tertiary/aromatic N) is 1. The van der Waals surface area contributed by atoms with Gasteiger partial charge in [0.1, 0.15) is 25.1 Å². The molecule has 1 N–H and O–H groups in total. The molecule has 1 aliphatic rings. The molecule has 204 valence electrons. The predicted molar refractivity (Wildman–Crippen MR) is 152 cm³/mol. The Hall–Kier alpha value is -4.65. The Morgan fingerprint density at radius 3 is 2.33 bits per heavy atom. The van der Waals surface area contributed by atoms with Crippen LogP contribution in [0.5, 0.6) is 11.5 Å². The molecule has 40 heavy (non-hydrogen) atoms. The minimum atomic E-state index is -1.05. The fourth-order valence-electron chi connectivity index (χ4n) is 4.86. The van der Waals surface area contributed by atoms with Crippen LogP contribution in [-0.2, 0) is 17.6 Å². The van der Waals surface area contributed by atoms with Gasteiger partial charge >= 0.3 is 0 Å². The van der Waals surface area contributed by atoms with Crippen LogP contribution in [0.4, 0.5) is 10.1 Å². The van der Waals surface area contributed by atoms with Crippen LogP contribution in [0.3, 0.4) is 0 Å². The number of para-hydroxylation sites is 1. The number of carbonyl (C=O) groups is 2. The van der Waals surface area contributed by atoms with E-state index in [4.69, 9.17) is 9.47 Å². The van der Waals surface area contributed by atoms with Crippen molar-refractivity contribution in [1.29, 1.82) is 0 Å². The van der Waals surface area contributed by atoms with Crippen LogP contribution < -0.4 is 19.7 Å². The molecule has 4 aromatic rings. The van der Waals surface area contributed by atoms with E-state index in [-0.39, 0.29) is 11.8 Å². The molecule has 0 radical (unpaired) electrons. The van der Waals surface area contributed by atoms with E-state index in [1.807, 2.05) is 61.5 Å². The number of fused-ring (bicyclic) bond motifs is 1. The molecular weight excluding hydrogens is 507 g/mol. The Morgan fingerprint density at radius 2 is 1.57 bits per heavy atom. The molecule has 0 saturated carbocycles. The number of carbonyl (C=O) groups excluding carboxylic acids is 2. The molecule has 0 unspecified atom stereocenters. The molecule has 0 aromatic heterocycles. The van der Waals surface area contributed by atoms with Crippen LogP contribution >= 0.6 is 0 Å². The topological polar surface area (TPSA) is 67.9 Å². The van der Waals surface area contributed by atoms with Gasteiger partial charge in [0.15, 0.2) is 11.5 Å². The van der Waals surface area contributed by atoms with E-state index in [0.29, 0.717) is 60.9 Å². The molecule has 1 heterocycles. The van der Waals surface area contributed by atoms with Crippen molar-refractivity contribution in [3.63, 3.8) is 0 Å². The number of hydrogen-bond acceptors (Lipinski definition) is 4. The number of ether oxygens (including phenoxy) is 2. The normalized spacial score (nSPS) is 12.8. The smallest absolute Gasteiger partial charge is 0.259 e. The summed E-state index contributed by atoms with van der Waals surface area (Å²) in [4.78, 5) is 29.8. The lowest BCUT2D eigenvalue weighted by Gasteiger charge is -2.33. The fraction of sp³-hybridized carbons (Fsp3) is 0.212. The number of rotatable bonds is 9. The molecule has 0 saturated heterocycles. The van der Waals surface area contributed by atoms with Crippen LogP contribution in [0, 0.1) is 5.82 Å². The van der Waals surface area contributed by atoms with E-state index >= 15 is 0 Å². The summed E-state index contributed by atoms with van der Waals surface area (Å²) in [5, 5.41) is 3.02. The van der Waals surface area contributed by atoms with Crippen LogP contribution in [0.15, 0.2) is 97.1 Å². The Balaban J connectivity index is 1.56. The minimum absolute atomic E-state index is 0.347. The van der Waals surface area contributed by atoms with E-state index in [1.54, 1.807) is 30.3 Å². The molecule has 0 bridgehead atoms. The van der Waals surface area contributed by atoms with Gasteiger partial charge in [-0.3, -0.25) is 14.5 Å². The van der Waals surface area contributed by atoms with Gasteiger partial charge in [-0.1, -0.05) is 67.6 Å². The largest absolute Gasteiger partial charge is 0.486 e. The summed E-state index contributed by atoms with van der Waals surface area (Å²) in [5.41, 5.74) is 3.44. The molecule has 7 heteroatoms. The van der Waals surface area contributed by atoms with Crippen molar-refractivity contribution in [3.05, 3.63) is 125 Å². The van der Waals surface area contributed by atoms with Crippen molar-refractivity contribution in [1.82, 2.24) is 5.32 Å². The summed E-state index contributed by atoms with van der Waals surface area (Å²) in [6.07, 6.45) is 1.28. The molecule has 1 atom stereocenters. The molecular formula is C33H31FN2O4. The van der Waals surface area contributed by atoms with E-state index in [2.05, 4.69) is 5.32 Å². The van der Waals surface area contributed by atoms with Gasteiger partial charge in [-0.05, 0) is 65.9 Å². The highest BCUT2D eigenvalue weighted by molar-refractivity contribution is 6.10. The molecule has 0 spiro atoms. The highest BCUT2D eigenvalue weighted by Gasteiger charge is 2.35. The standard InChI is InChI=1S/C33H31FN2O4/c1-2-24-10-6-7-11-28(24)36(33(38)26-14-17-29-30(22-26)40-21-20-39-29)31(25-12-15-27(34)16-13-25)32(37)35-19-18-23-8-4-3-5-9-23/h3-17,22,31H,2,18-21H2,1H3,(H,35,37)/t31-/m0/s1. The van der Waals surface area contributed by atoms with Gasteiger partial charge < -0.3 is 14.8 Å². The van der Waals surface area contributed by atoms with E-state index in [1.165, 1.54) is 17.0 Å². The highest BCUT2D eigenvalue weighted by atomic mass is 19.1. The zero-order valence-electron chi connectivity index (χ0n) is 22.3. The summed E-state index contributed by atoms with van der Waals surface area (Å²) >= 11 is 0. The monoisotopic (exact) mass is 538 g/mol. The average Bonchev–Trinajstić information content (AvgIpc) is 3.00. The van der Waals surface area contributed by atoms with Gasteiger partial charge in [0.05, 0.1) is 0 Å². The zero-order chi connectivity index (χ0) is 27.9. The van der Waals surface area contributed by atoms with Crippen LogP contribution in [0.25, 0.3) is 0 Å². The maximum absolute atomic E-state index is 14.4. The average molecular weight is 539 g/mol. The van der Waals surface area contributed by atoms with Gasteiger partial charge in [-0.15, -0.1) is 0 Å². The summed E-state index contributed by atoms with van der Waals surface area (Å²) in [5.74, 6) is -0.126. The maximum atomic E-state index is 14.4. The summed E-state index contributed by atoms with van der Waals surface area (Å²) in [7, 11) is 0. The summed E-state index contributed by atoms with van der Waals surface area (Å²) in [6.45, 7) is 3.20. The lowest BCUT2D eigenvalue weighted by Crippen LogP contribution is -2.45. The Morgan fingerprint density at radius 1 is 0.875 bits per heavy atom. The first-order valence-corrected chi connectivity index (χ1v) is 13.4. The molecule has 1 aliphatic heterocycles. The van der Waals surface area contributed by atoms with Crippen molar-refractivity contribution in [3.8, 4) is 11.5 Å². The Kier molecular flexibility index (Phi) is 8.40. The van der Waals surface area contributed by atoms with Crippen molar-refractivity contribution < 1.29 is 23.5 Å². The third kappa shape index (κ3) is 5.99. The van der Waals surface area contributed by atoms with Crippen LogP contribution in [-0.4, -0.2) is 31.6 Å². The number of nitrogens with one attached hydrogen (secondary N) is 1. The van der Waals surface area contributed by atoms with Gasteiger partial charge in [-0.2, -0.15) is 0 Å². The van der Waals surface area contributed by atoms with Crippen molar-refractivity contribution in [2.75, 3.05) is 24.7 Å². The number of halogens is 1. The third-order valence-corrected chi connectivity index (χ3v) is 6.89. The second-order valence-corrected chi connectivity index (χ2v) is 9.50. The number of anilines is 1. The first kappa shape index (κ1) is 26.9. The molecule has 0 aliphatic carbocycles. The second-order valence-electron chi connectivity index (χ2n) is 9.50. The molecule has 6 nitrogen and oxygen atoms in total. The summed E-state index contributed by atoms with van der Waals surface area (Å²) in [6, 6.07) is 27.1. The van der Waals surface area contributed by atoms with Crippen LogP contribution in [0.2, 0.25) is 0 Å². The first-order valence-electron chi connectivity index (χ1n) is 13.4. The van der Waals surface area contributed by atoms with E-state index < -0.39 is 11.9 Å². The SMILES string of the molecule is CCc1ccccc1N(C(=O)c1ccc2c(c1)OCCO2)[C@H](C(=O)NCCc1ccccc1)c1ccc(F)cc1. The van der Waals surface area contributed by atoms with E-state index in [9.17, 15) is 14.0 Å². The zero-order valence-corrected chi connectivity index (χ0v) is 22.3. The predicted octanol–water partition coefficient (Wildman–Crippen LogP) is 5.91. The first-order chi connectivity index (χ1) is 19.5. The number of benzene rings is 4. The van der Waals surface area contributed by atoms with Crippen molar-refractivity contribution in [2.45, 2.75) is 25.8 Å². The Labute approximate surface area is 233 Å². The number of aryl methyl sites for hydroxylation is 1. The Bertz CT molecular complexity index is 1470. The minimum Gasteiger partial charge on any atom is -0.486 e. The molecule has 4 aromatic carbocycles. The van der Waals surface area contributed by atoms with Crippen molar-refractivity contribution >= 4 is 17.5 Å². The van der Waals surface area contributed by atoms with Gasteiger partial charge in [-0.25, -0.2) is 4.39 Å².